The van der Waals surface area contributed by atoms with Crippen LogP contribution >= 0.6 is 0 Å². The van der Waals surface area contributed by atoms with Crippen molar-refractivity contribution in [2.24, 2.45) is 0 Å². The molecule has 2 rings (SSSR count). The lowest BCUT2D eigenvalue weighted by molar-refractivity contribution is -1.03. The van der Waals surface area contributed by atoms with E-state index in [9.17, 15) is 0 Å². The molecule has 0 atom stereocenters. The highest BCUT2D eigenvalue weighted by Crippen LogP contribution is 1.96. The molecule has 1 aliphatic heterocycles. The molecule has 2 heterocycles. The molecule has 0 amide bonds. The molecule has 0 bridgehead atoms. The molecular weight excluding hydrogens is 188 g/mol. The van der Waals surface area contributed by atoms with Crippen molar-refractivity contribution < 1.29 is 14.2 Å². The summed E-state index contributed by atoms with van der Waals surface area (Å²) in [5.74, 6) is 1.12. The van der Waals surface area contributed by atoms with E-state index in [1.54, 1.807) is 16.1 Å². The number of nitrogens with one attached hydrogen (secondary N) is 2. The van der Waals surface area contributed by atoms with Crippen molar-refractivity contribution in [3.05, 3.63) is 24.2 Å². The predicted molar refractivity (Wildman–Crippen MR) is 58.9 cm³/mol. The molecule has 0 spiro atoms. The van der Waals surface area contributed by atoms with Gasteiger partial charge in [0.2, 0.25) is 0 Å². The minimum Gasteiger partial charge on any atom is -0.463 e. The molecule has 0 unspecified atom stereocenters. The number of hydrogen-bond donors (Lipinski definition) is 2. The molecule has 2 N–H and O–H groups in total. The Bertz CT molecular complexity index is 274. The highest BCUT2D eigenvalue weighted by molar-refractivity contribution is 4.95. The van der Waals surface area contributed by atoms with Crippen LogP contribution in [0.5, 0.6) is 0 Å². The maximum absolute atomic E-state index is 5.38. The SMILES string of the molecule is CC(C)[NH+]1CC[NH+](Cc2ccco2)CC1. The van der Waals surface area contributed by atoms with Gasteiger partial charge in [-0.15, -0.1) is 0 Å². The molecule has 3 nitrogen and oxygen atoms in total. The summed E-state index contributed by atoms with van der Waals surface area (Å²) in [5, 5.41) is 0. The first-order valence-corrected chi connectivity index (χ1v) is 5.96. The molecule has 1 fully saturated rings. The average molecular weight is 210 g/mol. The second-order valence-electron chi connectivity index (χ2n) is 4.82. The molecule has 1 saturated heterocycles. The zero-order valence-corrected chi connectivity index (χ0v) is 9.75. The van der Waals surface area contributed by atoms with Crippen molar-refractivity contribution in [1.82, 2.24) is 0 Å². The quantitative estimate of drug-likeness (QED) is 0.654. The van der Waals surface area contributed by atoms with Crippen molar-refractivity contribution in [3.63, 3.8) is 0 Å². The largest absolute Gasteiger partial charge is 0.463 e. The Morgan fingerprint density at radius 2 is 2.00 bits per heavy atom. The van der Waals surface area contributed by atoms with Gasteiger partial charge in [-0.3, -0.25) is 0 Å². The summed E-state index contributed by atoms with van der Waals surface area (Å²) in [6.07, 6.45) is 1.77. The average Bonchev–Trinajstić information content (AvgIpc) is 2.71. The molecule has 0 saturated carbocycles. The number of piperazine rings is 1. The van der Waals surface area contributed by atoms with Crippen LogP contribution in [0.3, 0.4) is 0 Å². The molecule has 1 aromatic rings. The van der Waals surface area contributed by atoms with Gasteiger partial charge in [0, 0.05) is 0 Å². The van der Waals surface area contributed by atoms with Crippen LogP contribution in [0.25, 0.3) is 0 Å². The topological polar surface area (TPSA) is 22.0 Å². The van der Waals surface area contributed by atoms with Gasteiger partial charge in [0.1, 0.15) is 32.7 Å². The monoisotopic (exact) mass is 210 g/mol. The number of quaternary nitrogens is 2. The van der Waals surface area contributed by atoms with Gasteiger partial charge in [0.15, 0.2) is 5.76 Å². The second-order valence-corrected chi connectivity index (χ2v) is 4.82. The summed E-state index contributed by atoms with van der Waals surface area (Å²) < 4.78 is 5.38. The molecular formula is C12H22N2O+2. The highest BCUT2D eigenvalue weighted by Gasteiger charge is 2.25. The molecule has 3 heteroatoms. The normalized spacial score (nSPS) is 27.1. The molecule has 0 radical (unpaired) electrons. The van der Waals surface area contributed by atoms with Crippen LogP contribution in [0.2, 0.25) is 0 Å². The van der Waals surface area contributed by atoms with Crippen LogP contribution < -0.4 is 9.80 Å². The first-order chi connectivity index (χ1) is 7.25. The third kappa shape index (κ3) is 2.83. The summed E-state index contributed by atoms with van der Waals surface area (Å²) in [4.78, 5) is 3.41. The van der Waals surface area contributed by atoms with Crippen molar-refractivity contribution >= 4 is 0 Å². The Morgan fingerprint density at radius 1 is 1.27 bits per heavy atom. The molecule has 84 valence electrons. The smallest absolute Gasteiger partial charge is 0.157 e. The van der Waals surface area contributed by atoms with Crippen molar-refractivity contribution in [3.8, 4) is 0 Å². The van der Waals surface area contributed by atoms with E-state index in [0.717, 1.165) is 18.3 Å². The summed E-state index contributed by atoms with van der Waals surface area (Å²) in [5.41, 5.74) is 0. The van der Waals surface area contributed by atoms with Crippen LogP contribution in [0.15, 0.2) is 22.8 Å². The minimum absolute atomic E-state index is 0.773. The summed E-state index contributed by atoms with van der Waals surface area (Å²) >= 11 is 0. The van der Waals surface area contributed by atoms with Crippen LogP contribution in [0.1, 0.15) is 19.6 Å². The Balaban J connectivity index is 1.79. The number of rotatable bonds is 3. The van der Waals surface area contributed by atoms with Gasteiger partial charge in [-0.2, -0.15) is 0 Å². The van der Waals surface area contributed by atoms with Crippen LogP contribution in [-0.2, 0) is 6.54 Å². The number of hydrogen-bond acceptors (Lipinski definition) is 1. The summed E-state index contributed by atoms with van der Waals surface area (Å²) in [6, 6.07) is 4.83. The fraction of sp³-hybridized carbons (Fsp3) is 0.667. The molecule has 0 aliphatic carbocycles. The Hall–Kier alpha value is -0.800. The van der Waals surface area contributed by atoms with Crippen molar-refractivity contribution in [2.75, 3.05) is 26.2 Å². The molecule has 15 heavy (non-hydrogen) atoms. The van der Waals surface area contributed by atoms with Crippen molar-refractivity contribution in [1.29, 1.82) is 0 Å². The van der Waals surface area contributed by atoms with Gasteiger partial charge in [-0.25, -0.2) is 0 Å². The minimum atomic E-state index is 0.773. The van der Waals surface area contributed by atoms with Gasteiger partial charge >= 0.3 is 0 Å². The fourth-order valence-electron chi connectivity index (χ4n) is 2.34. The Morgan fingerprint density at radius 3 is 2.53 bits per heavy atom. The van der Waals surface area contributed by atoms with E-state index in [-0.39, 0.29) is 0 Å². The van der Waals surface area contributed by atoms with E-state index < -0.39 is 0 Å². The lowest BCUT2D eigenvalue weighted by Crippen LogP contribution is -3.28. The zero-order valence-electron chi connectivity index (χ0n) is 9.75. The van der Waals surface area contributed by atoms with Gasteiger partial charge in [-0.1, -0.05) is 0 Å². The van der Waals surface area contributed by atoms with E-state index in [0.29, 0.717) is 0 Å². The number of furan rings is 1. The lowest BCUT2D eigenvalue weighted by atomic mass is 10.2. The summed E-state index contributed by atoms with van der Waals surface area (Å²) in [7, 11) is 0. The highest BCUT2D eigenvalue weighted by atomic mass is 16.3. The molecule has 1 aliphatic rings. The molecule has 0 aromatic carbocycles. The lowest BCUT2D eigenvalue weighted by Gasteiger charge is -2.31. The molecule has 1 aromatic heterocycles. The van der Waals surface area contributed by atoms with Crippen LogP contribution in [-0.4, -0.2) is 32.2 Å². The van der Waals surface area contributed by atoms with Gasteiger partial charge < -0.3 is 14.2 Å². The van der Waals surface area contributed by atoms with Gasteiger partial charge in [-0.05, 0) is 26.0 Å². The van der Waals surface area contributed by atoms with E-state index in [2.05, 4.69) is 19.9 Å². The fourth-order valence-corrected chi connectivity index (χ4v) is 2.34. The van der Waals surface area contributed by atoms with Gasteiger partial charge in [0.05, 0.1) is 12.3 Å². The maximum Gasteiger partial charge on any atom is 0.157 e. The van der Waals surface area contributed by atoms with Gasteiger partial charge in [0.25, 0.3) is 0 Å². The maximum atomic E-state index is 5.38. The Kier molecular flexibility index (Phi) is 3.44. The predicted octanol–water partition coefficient (Wildman–Crippen LogP) is -1.03. The van der Waals surface area contributed by atoms with E-state index in [4.69, 9.17) is 4.42 Å². The third-order valence-electron chi connectivity index (χ3n) is 3.42. The third-order valence-corrected chi connectivity index (χ3v) is 3.42. The van der Waals surface area contributed by atoms with Crippen molar-refractivity contribution in [2.45, 2.75) is 26.4 Å². The zero-order chi connectivity index (χ0) is 10.7. The second kappa shape index (κ2) is 4.81. The van der Waals surface area contributed by atoms with E-state index in [1.807, 2.05) is 6.07 Å². The first-order valence-electron chi connectivity index (χ1n) is 5.96. The van der Waals surface area contributed by atoms with E-state index in [1.165, 1.54) is 26.2 Å². The standard InChI is InChI=1S/C12H20N2O/c1-11(2)14-7-5-13(6-8-14)10-12-4-3-9-15-12/h3-4,9,11H,5-8,10H2,1-2H3/p+2. The summed E-state index contributed by atoms with van der Waals surface area (Å²) in [6.45, 7) is 10.8. The first kappa shape index (κ1) is 10.7. The Labute approximate surface area is 91.7 Å². The van der Waals surface area contributed by atoms with Crippen LogP contribution in [0, 0.1) is 0 Å². The van der Waals surface area contributed by atoms with E-state index >= 15 is 0 Å². The van der Waals surface area contributed by atoms with Crippen LogP contribution in [0.4, 0.5) is 0 Å².